The van der Waals surface area contributed by atoms with E-state index in [9.17, 15) is 9.36 Å². The van der Waals surface area contributed by atoms with Gasteiger partial charge in [-0.25, -0.2) is 0 Å². The fourth-order valence-electron chi connectivity index (χ4n) is 1.19. The van der Waals surface area contributed by atoms with Crippen molar-refractivity contribution in [1.29, 1.82) is 0 Å². The summed E-state index contributed by atoms with van der Waals surface area (Å²) >= 11 is 3.29. The Morgan fingerprint density at radius 3 is 2.56 bits per heavy atom. The summed E-state index contributed by atoms with van der Waals surface area (Å²) < 4.78 is 27.2. The molecule has 18 heavy (non-hydrogen) atoms. The molecule has 0 spiro atoms. The first kappa shape index (κ1) is 15.4. The largest absolute Gasteiger partial charge is 0.486 e. The summed E-state index contributed by atoms with van der Waals surface area (Å²) in [6.45, 7) is -0.173. The molecule has 0 aliphatic heterocycles. The van der Waals surface area contributed by atoms with Crippen LogP contribution >= 0.6 is 23.5 Å². The molecule has 0 saturated carbocycles. The Labute approximate surface area is 114 Å². The predicted molar refractivity (Wildman–Crippen MR) is 71.1 cm³/mol. The number of carbonyl (C=O) groups excluding carboxylic acids is 1. The number of Topliss-reactive ketones (excluding diaryl/α,β-unsaturated/α-hetero) is 1. The van der Waals surface area contributed by atoms with E-state index in [1.807, 2.05) is 6.07 Å². The van der Waals surface area contributed by atoms with Gasteiger partial charge in [0.15, 0.2) is 5.78 Å². The van der Waals surface area contributed by atoms with Gasteiger partial charge in [-0.1, -0.05) is 22.0 Å². The van der Waals surface area contributed by atoms with Gasteiger partial charge in [0.2, 0.25) is 0 Å². The van der Waals surface area contributed by atoms with Gasteiger partial charge in [0, 0.05) is 18.7 Å². The van der Waals surface area contributed by atoms with Crippen LogP contribution in [0.5, 0.6) is 5.75 Å². The van der Waals surface area contributed by atoms with Crippen LogP contribution in [0.3, 0.4) is 0 Å². The van der Waals surface area contributed by atoms with Crippen LogP contribution in [0.15, 0.2) is 28.7 Å². The third kappa shape index (κ3) is 4.90. The average molecular weight is 337 g/mol. The van der Waals surface area contributed by atoms with Crippen molar-refractivity contribution < 1.29 is 23.1 Å². The lowest BCUT2D eigenvalue weighted by Gasteiger charge is -2.12. The topological polar surface area (TPSA) is 61.8 Å². The average Bonchev–Trinajstić information content (AvgIpc) is 2.36. The molecule has 0 amide bonds. The van der Waals surface area contributed by atoms with Gasteiger partial charge >= 0.3 is 7.60 Å². The van der Waals surface area contributed by atoms with Crippen molar-refractivity contribution in [1.82, 2.24) is 0 Å². The summed E-state index contributed by atoms with van der Waals surface area (Å²) in [6, 6.07) is 7.10. The molecule has 0 N–H and O–H groups in total. The quantitative estimate of drug-likeness (QED) is 0.716. The van der Waals surface area contributed by atoms with Crippen molar-refractivity contribution in [2.75, 3.05) is 27.0 Å². The summed E-state index contributed by atoms with van der Waals surface area (Å²) in [6.07, 6.45) is -0.298. The van der Waals surface area contributed by atoms with E-state index in [2.05, 4.69) is 25.0 Å². The summed E-state index contributed by atoms with van der Waals surface area (Å²) in [5, 5.41) is 0. The fourth-order valence-corrected chi connectivity index (χ4v) is 2.49. The highest BCUT2D eigenvalue weighted by molar-refractivity contribution is 9.10. The Morgan fingerprint density at radius 1 is 1.33 bits per heavy atom. The lowest BCUT2D eigenvalue weighted by molar-refractivity contribution is -0.118. The molecule has 100 valence electrons. The van der Waals surface area contributed by atoms with E-state index in [-0.39, 0.29) is 18.6 Å². The maximum Gasteiger partial charge on any atom is 0.337 e. The van der Waals surface area contributed by atoms with E-state index < -0.39 is 7.60 Å². The van der Waals surface area contributed by atoms with Crippen molar-refractivity contribution in [3.63, 3.8) is 0 Å². The third-order valence-corrected chi connectivity index (χ3v) is 4.47. The Bertz CT molecular complexity index is 455. The number of hydrogen-bond acceptors (Lipinski definition) is 5. The second-order valence-electron chi connectivity index (χ2n) is 3.42. The third-order valence-electron chi connectivity index (χ3n) is 2.12. The lowest BCUT2D eigenvalue weighted by Crippen LogP contribution is -2.16. The molecule has 1 aromatic carbocycles. The van der Waals surface area contributed by atoms with Crippen LogP contribution in [0, 0.1) is 0 Å². The molecule has 0 aliphatic carbocycles. The molecule has 0 saturated heterocycles. The first-order valence-corrected chi connectivity index (χ1v) is 7.62. The number of ether oxygens (including phenoxy) is 1. The molecular weight excluding hydrogens is 323 g/mol. The van der Waals surface area contributed by atoms with Gasteiger partial charge in [-0.2, -0.15) is 0 Å². The first-order valence-electron chi connectivity index (χ1n) is 5.09. The van der Waals surface area contributed by atoms with Crippen molar-refractivity contribution >= 4 is 29.3 Å². The Hall–Kier alpha value is -0.680. The van der Waals surface area contributed by atoms with Crippen LogP contribution in [-0.2, 0) is 18.4 Å². The number of ketones is 1. The molecule has 0 bridgehead atoms. The predicted octanol–water partition coefficient (Wildman–Crippen LogP) is 2.88. The van der Waals surface area contributed by atoms with Crippen LogP contribution in [0.4, 0.5) is 0 Å². The van der Waals surface area contributed by atoms with E-state index in [0.29, 0.717) is 5.75 Å². The molecule has 0 heterocycles. The molecule has 7 heteroatoms. The normalized spacial score (nSPS) is 11.3. The van der Waals surface area contributed by atoms with Gasteiger partial charge in [-0.3, -0.25) is 9.36 Å². The van der Waals surface area contributed by atoms with Gasteiger partial charge in [0.25, 0.3) is 0 Å². The van der Waals surface area contributed by atoms with E-state index in [1.165, 1.54) is 14.2 Å². The van der Waals surface area contributed by atoms with Gasteiger partial charge in [0.05, 0.1) is 0 Å². The SMILES string of the molecule is COP(=O)(CC(=O)COc1cccc(Br)c1)OC. The maximum atomic E-state index is 11.7. The van der Waals surface area contributed by atoms with Gasteiger partial charge in [-0.15, -0.1) is 0 Å². The van der Waals surface area contributed by atoms with Crippen LogP contribution in [-0.4, -0.2) is 32.8 Å². The molecule has 0 aromatic heterocycles. The van der Waals surface area contributed by atoms with Crippen LogP contribution in [0.2, 0.25) is 0 Å². The Morgan fingerprint density at radius 2 is 2.00 bits per heavy atom. The van der Waals surface area contributed by atoms with Crippen molar-refractivity contribution in [2.24, 2.45) is 0 Å². The standard InChI is InChI=1S/C11H14BrO5P/c1-15-18(14,16-2)8-10(13)7-17-11-5-3-4-9(12)6-11/h3-6H,7-8H2,1-2H3. The van der Waals surface area contributed by atoms with Crippen LogP contribution in [0.1, 0.15) is 0 Å². The highest BCUT2D eigenvalue weighted by Crippen LogP contribution is 2.45. The zero-order valence-electron chi connectivity index (χ0n) is 10.1. The van der Waals surface area contributed by atoms with Crippen molar-refractivity contribution in [3.05, 3.63) is 28.7 Å². The van der Waals surface area contributed by atoms with Gasteiger partial charge < -0.3 is 13.8 Å². The summed E-state index contributed by atoms with van der Waals surface area (Å²) in [5.41, 5.74) is 0. The van der Waals surface area contributed by atoms with E-state index in [4.69, 9.17) is 4.74 Å². The highest BCUT2D eigenvalue weighted by Gasteiger charge is 2.25. The number of benzene rings is 1. The molecule has 0 unspecified atom stereocenters. The molecular formula is C11H14BrO5P. The second-order valence-corrected chi connectivity index (χ2v) is 6.60. The molecule has 0 radical (unpaired) electrons. The second kappa shape index (κ2) is 7.04. The summed E-state index contributed by atoms with van der Waals surface area (Å²) in [5.74, 6) is 0.212. The minimum atomic E-state index is -3.31. The molecule has 5 nitrogen and oxygen atoms in total. The highest BCUT2D eigenvalue weighted by atomic mass is 79.9. The molecule has 0 aliphatic rings. The van der Waals surface area contributed by atoms with Crippen LogP contribution in [0.25, 0.3) is 0 Å². The molecule has 0 fully saturated rings. The number of rotatable bonds is 7. The number of hydrogen-bond donors (Lipinski definition) is 0. The van der Waals surface area contributed by atoms with E-state index in [0.717, 1.165) is 4.47 Å². The first-order chi connectivity index (χ1) is 8.49. The fraction of sp³-hybridized carbons (Fsp3) is 0.364. The van der Waals surface area contributed by atoms with Gasteiger partial charge in [-0.05, 0) is 18.2 Å². The van der Waals surface area contributed by atoms with E-state index >= 15 is 0 Å². The lowest BCUT2D eigenvalue weighted by atomic mass is 10.3. The minimum absolute atomic E-state index is 0.173. The van der Waals surface area contributed by atoms with Gasteiger partial charge in [0.1, 0.15) is 18.5 Å². The number of halogens is 1. The monoisotopic (exact) mass is 336 g/mol. The maximum absolute atomic E-state index is 11.7. The molecule has 1 rings (SSSR count). The number of carbonyl (C=O) groups is 1. The molecule has 0 atom stereocenters. The Kier molecular flexibility index (Phi) is 6.02. The van der Waals surface area contributed by atoms with Crippen molar-refractivity contribution in [3.8, 4) is 5.75 Å². The minimum Gasteiger partial charge on any atom is -0.486 e. The van der Waals surface area contributed by atoms with E-state index in [1.54, 1.807) is 18.2 Å². The summed E-state index contributed by atoms with van der Waals surface area (Å²) in [4.78, 5) is 11.6. The Balaban J connectivity index is 2.49. The van der Waals surface area contributed by atoms with Crippen LogP contribution < -0.4 is 4.74 Å². The molecule has 1 aromatic rings. The zero-order valence-corrected chi connectivity index (χ0v) is 12.6. The summed E-state index contributed by atoms with van der Waals surface area (Å²) in [7, 11) is -0.821. The van der Waals surface area contributed by atoms with Crippen molar-refractivity contribution in [2.45, 2.75) is 0 Å². The zero-order chi connectivity index (χ0) is 13.6. The smallest absolute Gasteiger partial charge is 0.337 e.